The van der Waals surface area contributed by atoms with Crippen LogP contribution in [0.25, 0.3) is 0 Å². The number of ether oxygens (including phenoxy) is 1. The molecule has 1 aromatic rings. The molecule has 0 aliphatic rings. The van der Waals surface area contributed by atoms with Crippen LogP contribution in [0.5, 0.6) is 0 Å². The van der Waals surface area contributed by atoms with Gasteiger partial charge in [0, 0.05) is 13.1 Å². The van der Waals surface area contributed by atoms with E-state index in [-0.39, 0.29) is 12.6 Å². The molecule has 0 saturated carbocycles. The number of halogens is 1. The molecule has 0 spiro atoms. The highest BCUT2D eigenvalue weighted by Crippen LogP contribution is 2.13. The first kappa shape index (κ1) is 9.99. The minimum Gasteiger partial charge on any atom is -0.461 e. The van der Waals surface area contributed by atoms with E-state index in [9.17, 15) is 4.79 Å². The predicted molar refractivity (Wildman–Crippen MR) is 49.5 cm³/mol. The van der Waals surface area contributed by atoms with E-state index < -0.39 is 0 Å². The Kier molecular flexibility index (Phi) is 3.25. The molecule has 1 aromatic heterocycles. The van der Waals surface area contributed by atoms with E-state index in [4.69, 9.17) is 16.3 Å². The van der Waals surface area contributed by atoms with Gasteiger partial charge in [-0.15, -0.1) is 0 Å². The third-order valence-corrected chi connectivity index (χ3v) is 1.82. The number of nitrogens with zero attached hydrogens (tertiary/aromatic N) is 1. The molecule has 0 N–H and O–H groups in total. The zero-order valence-corrected chi connectivity index (χ0v) is 8.26. The Morgan fingerprint density at radius 2 is 2.38 bits per heavy atom. The Morgan fingerprint density at radius 3 is 3.00 bits per heavy atom. The van der Waals surface area contributed by atoms with Gasteiger partial charge in [0.15, 0.2) is 0 Å². The van der Waals surface area contributed by atoms with E-state index in [1.54, 1.807) is 12.3 Å². The third kappa shape index (κ3) is 3.03. The van der Waals surface area contributed by atoms with Gasteiger partial charge < -0.3 is 4.74 Å². The standard InChI is InChI=1S/C9H10ClNO2/c1-6-4-11-9(10)3-8(6)5-13-7(2)12/h3-4H,5H2,1-2H3. The average Bonchev–Trinajstić information content (AvgIpc) is 2.06. The van der Waals surface area contributed by atoms with E-state index in [0.717, 1.165) is 11.1 Å². The van der Waals surface area contributed by atoms with E-state index in [1.807, 2.05) is 6.92 Å². The first-order valence-electron chi connectivity index (χ1n) is 3.84. The van der Waals surface area contributed by atoms with Gasteiger partial charge >= 0.3 is 5.97 Å². The molecule has 0 bridgehead atoms. The van der Waals surface area contributed by atoms with Crippen molar-refractivity contribution in [1.82, 2.24) is 4.98 Å². The van der Waals surface area contributed by atoms with E-state index in [1.165, 1.54) is 6.92 Å². The van der Waals surface area contributed by atoms with Crippen LogP contribution in [-0.2, 0) is 16.1 Å². The first-order chi connectivity index (χ1) is 6.09. The fourth-order valence-corrected chi connectivity index (χ4v) is 1.05. The van der Waals surface area contributed by atoms with Crippen molar-refractivity contribution in [1.29, 1.82) is 0 Å². The summed E-state index contributed by atoms with van der Waals surface area (Å²) in [7, 11) is 0. The van der Waals surface area contributed by atoms with Crippen molar-refractivity contribution < 1.29 is 9.53 Å². The number of hydrogen-bond donors (Lipinski definition) is 0. The number of esters is 1. The lowest BCUT2D eigenvalue weighted by atomic mass is 10.2. The van der Waals surface area contributed by atoms with Gasteiger partial charge in [-0.25, -0.2) is 4.98 Å². The lowest BCUT2D eigenvalue weighted by molar-refractivity contribution is -0.142. The molecule has 0 radical (unpaired) electrons. The summed E-state index contributed by atoms with van der Waals surface area (Å²) in [6.07, 6.45) is 1.65. The van der Waals surface area contributed by atoms with Crippen LogP contribution in [0.15, 0.2) is 12.3 Å². The largest absolute Gasteiger partial charge is 0.461 e. The van der Waals surface area contributed by atoms with Crippen LogP contribution in [0, 0.1) is 6.92 Å². The Labute approximate surface area is 81.7 Å². The molecule has 0 aliphatic heterocycles. The van der Waals surface area contributed by atoms with Gasteiger partial charge in [0.2, 0.25) is 0 Å². The van der Waals surface area contributed by atoms with Crippen molar-refractivity contribution in [3.05, 3.63) is 28.5 Å². The molecule has 0 amide bonds. The maximum atomic E-state index is 10.5. The number of pyridine rings is 1. The normalized spacial score (nSPS) is 9.77. The second-order valence-electron chi connectivity index (χ2n) is 2.71. The van der Waals surface area contributed by atoms with Gasteiger partial charge in [-0.2, -0.15) is 0 Å². The minimum atomic E-state index is -0.299. The van der Waals surface area contributed by atoms with E-state index in [0.29, 0.717) is 5.15 Å². The Bertz CT molecular complexity index is 325. The lowest BCUT2D eigenvalue weighted by Crippen LogP contribution is -2.00. The molecule has 0 atom stereocenters. The second kappa shape index (κ2) is 4.23. The highest BCUT2D eigenvalue weighted by molar-refractivity contribution is 6.29. The molecule has 0 aliphatic carbocycles. The molecule has 0 saturated heterocycles. The Balaban J connectivity index is 2.75. The van der Waals surface area contributed by atoms with Crippen LogP contribution in [0.4, 0.5) is 0 Å². The van der Waals surface area contributed by atoms with Crippen LogP contribution in [-0.4, -0.2) is 11.0 Å². The summed E-state index contributed by atoms with van der Waals surface area (Å²) in [5.41, 5.74) is 1.85. The summed E-state index contributed by atoms with van der Waals surface area (Å²) in [6, 6.07) is 1.69. The molecule has 4 heteroatoms. The quantitative estimate of drug-likeness (QED) is 0.541. The van der Waals surface area contributed by atoms with Gasteiger partial charge in [-0.3, -0.25) is 4.79 Å². The SMILES string of the molecule is CC(=O)OCc1cc(Cl)ncc1C. The van der Waals surface area contributed by atoms with Crippen molar-refractivity contribution >= 4 is 17.6 Å². The highest BCUT2D eigenvalue weighted by atomic mass is 35.5. The molecule has 1 heterocycles. The van der Waals surface area contributed by atoms with Crippen LogP contribution < -0.4 is 0 Å². The van der Waals surface area contributed by atoms with Crippen molar-refractivity contribution in [2.45, 2.75) is 20.5 Å². The molecular weight excluding hydrogens is 190 g/mol. The van der Waals surface area contributed by atoms with Crippen molar-refractivity contribution in [2.75, 3.05) is 0 Å². The zero-order valence-electron chi connectivity index (χ0n) is 7.50. The van der Waals surface area contributed by atoms with E-state index >= 15 is 0 Å². The van der Waals surface area contributed by atoms with Gasteiger partial charge in [-0.1, -0.05) is 11.6 Å². The predicted octanol–water partition coefficient (Wildman–Crippen LogP) is 2.11. The average molecular weight is 200 g/mol. The van der Waals surface area contributed by atoms with Crippen LogP contribution >= 0.6 is 11.6 Å². The number of aryl methyl sites for hydroxylation is 1. The molecular formula is C9H10ClNO2. The van der Waals surface area contributed by atoms with Gasteiger partial charge in [0.05, 0.1) is 0 Å². The number of carbonyl (C=O) groups excluding carboxylic acids is 1. The van der Waals surface area contributed by atoms with Crippen molar-refractivity contribution in [3.63, 3.8) is 0 Å². The minimum absolute atomic E-state index is 0.253. The number of hydrogen-bond acceptors (Lipinski definition) is 3. The highest BCUT2D eigenvalue weighted by Gasteiger charge is 2.02. The number of aromatic nitrogens is 1. The van der Waals surface area contributed by atoms with E-state index in [2.05, 4.69) is 4.98 Å². The summed E-state index contributed by atoms with van der Waals surface area (Å²) < 4.78 is 4.84. The van der Waals surface area contributed by atoms with Crippen LogP contribution in [0.1, 0.15) is 18.1 Å². The maximum Gasteiger partial charge on any atom is 0.302 e. The third-order valence-electron chi connectivity index (χ3n) is 1.61. The summed E-state index contributed by atoms with van der Waals surface area (Å²) >= 11 is 5.68. The van der Waals surface area contributed by atoms with Gasteiger partial charge in [0.1, 0.15) is 11.8 Å². The smallest absolute Gasteiger partial charge is 0.302 e. The zero-order chi connectivity index (χ0) is 9.84. The van der Waals surface area contributed by atoms with Crippen molar-refractivity contribution in [2.24, 2.45) is 0 Å². The van der Waals surface area contributed by atoms with Crippen LogP contribution in [0.2, 0.25) is 5.15 Å². The molecule has 3 nitrogen and oxygen atoms in total. The first-order valence-corrected chi connectivity index (χ1v) is 4.22. The van der Waals surface area contributed by atoms with Crippen molar-refractivity contribution in [3.8, 4) is 0 Å². The lowest BCUT2D eigenvalue weighted by Gasteiger charge is -2.05. The number of carbonyl (C=O) groups is 1. The topological polar surface area (TPSA) is 39.2 Å². The van der Waals surface area contributed by atoms with Gasteiger partial charge in [0.25, 0.3) is 0 Å². The fourth-order valence-electron chi connectivity index (χ4n) is 0.871. The summed E-state index contributed by atoms with van der Waals surface area (Å²) in [5, 5.41) is 0.410. The molecule has 13 heavy (non-hydrogen) atoms. The molecule has 0 aromatic carbocycles. The fraction of sp³-hybridized carbons (Fsp3) is 0.333. The summed E-state index contributed by atoms with van der Waals surface area (Å²) in [4.78, 5) is 14.4. The molecule has 0 fully saturated rings. The molecule has 70 valence electrons. The van der Waals surface area contributed by atoms with Crippen LogP contribution in [0.3, 0.4) is 0 Å². The monoisotopic (exact) mass is 199 g/mol. The summed E-state index contributed by atoms with van der Waals surface area (Å²) in [5.74, 6) is -0.299. The molecule has 0 unspecified atom stereocenters. The Hall–Kier alpha value is -1.09. The summed E-state index contributed by atoms with van der Waals surface area (Å²) in [6.45, 7) is 3.52. The second-order valence-corrected chi connectivity index (χ2v) is 3.10. The maximum absolute atomic E-state index is 10.5. The number of rotatable bonds is 2. The molecule has 1 rings (SSSR count). The Morgan fingerprint density at radius 1 is 1.69 bits per heavy atom. The van der Waals surface area contributed by atoms with Gasteiger partial charge in [-0.05, 0) is 24.1 Å².